The van der Waals surface area contributed by atoms with Gasteiger partial charge in [-0.25, -0.2) is 0 Å². The maximum absolute atomic E-state index is 10.0. The molecule has 0 aliphatic rings. The van der Waals surface area contributed by atoms with Gasteiger partial charge in [-0.3, -0.25) is 14.6 Å². The quantitative estimate of drug-likeness (QED) is 0.298. The zero-order chi connectivity index (χ0) is 25.2. The lowest BCUT2D eigenvalue weighted by Crippen LogP contribution is -2.04. The van der Waals surface area contributed by atoms with Crippen LogP contribution in [0.3, 0.4) is 0 Å². The summed E-state index contributed by atoms with van der Waals surface area (Å²) in [6, 6.07) is 16.0. The average molecular weight is 478 g/mol. The predicted octanol–water partition coefficient (Wildman–Crippen LogP) is 5.49. The molecule has 3 N–H and O–H groups in total. The first-order valence-electron chi connectivity index (χ1n) is 11.9. The Bertz CT molecular complexity index is 1610. The van der Waals surface area contributed by atoms with E-state index >= 15 is 0 Å². The predicted molar refractivity (Wildman–Crippen MR) is 143 cm³/mol. The van der Waals surface area contributed by atoms with Crippen LogP contribution >= 0.6 is 0 Å². The number of hydrogen-bond acceptors (Lipinski definition) is 7. The van der Waals surface area contributed by atoms with Gasteiger partial charge in [-0.2, -0.15) is 10.4 Å². The van der Waals surface area contributed by atoms with Crippen molar-refractivity contribution >= 4 is 38.9 Å². The molecular weight excluding hydrogens is 450 g/mol. The van der Waals surface area contributed by atoms with Crippen LogP contribution in [0.25, 0.3) is 21.8 Å². The number of hydrogen-bond donors (Lipinski definition) is 2. The number of fused-ring (bicyclic) bond motifs is 2. The van der Waals surface area contributed by atoms with Gasteiger partial charge in [-0.05, 0) is 56.2 Å². The second kappa shape index (κ2) is 9.55. The van der Waals surface area contributed by atoms with Gasteiger partial charge in [-0.15, -0.1) is 0 Å². The van der Waals surface area contributed by atoms with E-state index in [1.807, 2.05) is 74.2 Å². The van der Waals surface area contributed by atoms with Crippen LogP contribution in [0.15, 0.2) is 54.9 Å². The Labute approximate surface area is 209 Å². The monoisotopic (exact) mass is 477 g/mol. The lowest BCUT2D eigenvalue weighted by atomic mass is 10.0. The van der Waals surface area contributed by atoms with Gasteiger partial charge in [0.05, 0.1) is 46.8 Å². The van der Waals surface area contributed by atoms with Gasteiger partial charge in [0.2, 0.25) is 0 Å². The number of nitrogen functional groups attached to an aromatic ring is 1. The second-order valence-corrected chi connectivity index (χ2v) is 8.65. The van der Waals surface area contributed by atoms with E-state index in [9.17, 15) is 5.26 Å². The fourth-order valence-electron chi connectivity index (χ4n) is 4.30. The number of benzene rings is 2. The molecule has 36 heavy (non-hydrogen) atoms. The third-order valence-electron chi connectivity index (χ3n) is 6.08. The summed E-state index contributed by atoms with van der Waals surface area (Å²) in [4.78, 5) is 9.10. The number of nitrogens with two attached hydrogens (primary N) is 1. The minimum Gasteiger partial charge on any atom is -0.492 e. The first kappa shape index (κ1) is 23.1. The first-order valence-corrected chi connectivity index (χ1v) is 11.9. The summed E-state index contributed by atoms with van der Waals surface area (Å²) in [5.74, 6) is 0.591. The number of rotatable bonds is 7. The number of nitriles is 1. The Morgan fingerprint density at radius 1 is 1.11 bits per heavy atom. The van der Waals surface area contributed by atoms with E-state index in [4.69, 9.17) is 20.6 Å². The van der Waals surface area contributed by atoms with Crippen molar-refractivity contribution in [2.45, 2.75) is 33.7 Å². The standard InChI is InChI=1S/C28H27N7O/c1-4-24-22(13-29)28(21-11-23(30)27(36-5-2)12-26(21)33-24)32-20-8-9-25-19(10-20)16-35(34-25)15-18-7-6-17(3)31-14-18/h6-12,14,16H,4-5,15,30H2,1-3H3,(H,32,33). The molecule has 3 heterocycles. The van der Waals surface area contributed by atoms with Crippen molar-refractivity contribution in [1.82, 2.24) is 19.7 Å². The molecule has 0 aliphatic carbocycles. The Kier molecular flexibility index (Phi) is 6.13. The van der Waals surface area contributed by atoms with Gasteiger partial charge in [0.15, 0.2) is 0 Å². The van der Waals surface area contributed by atoms with Crippen molar-refractivity contribution < 1.29 is 4.74 Å². The molecule has 5 aromatic rings. The second-order valence-electron chi connectivity index (χ2n) is 8.65. The summed E-state index contributed by atoms with van der Waals surface area (Å²) < 4.78 is 7.58. The molecule has 0 spiro atoms. The van der Waals surface area contributed by atoms with Crippen molar-refractivity contribution in [3.8, 4) is 11.8 Å². The van der Waals surface area contributed by atoms with Crippen LogP contribution in [0.5, 0.6) is 5.75 Å². The molecule has 3 aromatic heterocycles. The third kappa shape index (κ3) is 4.39. The van der Waals surface area contributed by atoms with E-state index < -0.39 is 0 Å². The molecular formula is C28H27N7O. The lowest BCUT2D eigenvalue weighted by Gasteiger charge is -2.16. The van der Waals surface area contributed by atoms with E-state index in [0.29, 0.717) is 42.3 Å². The summed E-state index contributed by atoms with van der Waals surface area (Å²) in [6.07, 6.45) is 4.52. The molecule has 5 rings (SSSR count). The van der Waals surface area contributed by atoms with Crippen LogP contribution < -0.4 is 15.8 Å². The minimum absolute atomic E-state index is 0.504. The molecule has 0 fully saturated rings. The number of pyridine rings is 2. The van der Waals surface area contributed by atoms with Gasteiger partial charge >= 0.3 is 0 Å². The largest absolute Gasteiger partial charge is 0.492 e. The van der Waals surface area contributed by atoms with Gasteiger partial charge in [0.25, 0.3) is 0 Å². The molecule has 0 aliphatic heterocycles. The molecule has 0 saturated carbocycles. The number of anilines is 3. The highest BCUT2D eigenvalue weighted by Gasteiger charge is 2.17. The highest BCUT2D eigenvalue weighted by molar-refractivity contribution is 6.00. The average Bonchev–Trinajstić information content (AvgIpc) is 3.27. The van der Waals surface area contributed by atoms with E-state index in [-0.39, 0.29) is 0 Å². The Balaban J connectivity index is 1.54. The van der Waals surface area contributed by atoms with E-state index in [2.05, 4.69) is 22.4 Å². The van der Waals surface area contributed by atoms with E-state index in [0.717, 1.165) is 44.4 Å². The summed E-state index contributed by atoms with van der Waals surface area (Å²) in [6.45, 7) is 7.02. The molecule has 0 atom stereocenters. The van der Waals surface area contributed by atoms with Crippen molar-refractivity contribution in [1.29, 1.82) is 5.26 Å². The Morgan fingerprint density at radius 2 is 1.97 bits per heavy atom. The minimum atomic E-state index is 0.504. The van der Waals surface area contributed by atoms with Gasteiger partial charge in [0, 0.05) is 40.6 Å². The number of aromatic nitrogens is 4. The highest BCUT2D eigenvalue weighted by atomic mass is 16.5. The molecule has 0 radical (unpaired) electrons. The number of aryl methyl sites for hydroxylation is 2. The molecule has 0 unspecified atom stereocenters. The van der Waals surface area contributed by atoms with Crippen molar-refractivity contribution in [3.05, 3.63) is 77.4 Å². The smallest absolute Gasteiger partial charge is 0.144 e. The van der Waals surface area contributed by atoms with Crippen LogP contribution in [-0.4, -0.2) is 26.4 Å². The van der Waals surface area contributed by atoms with Crippen LogP contribution in [0.1, 0.15) is 36.4 Å². The summed E-state index contributed by atoms with van der Waals surface area (Å²) in [7, 11) is 0. The number of nitrogens with zero attached hydrogens (tertiary/aromatic N) is 5. The van der Waals surface area contributed by atoms with Gasteiger partial charge in [0.1, 0.15) is 11.8 Å². The normalized spacial score (nSPS) is 11.1. The highest BCUT2D eigenvalue weighted by Crippen LogP contribution is 2.36. The molecule has 2 aromatic carbocycles. The fraction of sp³-hybridized carbons (Fsp3) is 0.214. The number of ether oxygens (including phenoxy) is 1. The SMILES string of the molecule is CCOc1cc2nc(CC)c(C#N)c(Nc3ccc4nn(Cc5ccc(C)nc5)cc4c3)c2cc1N. The fourth-order valence-corrected chi connectivity index (χ4v) is 4.30. The lowest BCUT2D eigenvalue weighted by molar-refractivity contribution is 0.342. The molecule has 8 heteroatoms. The molecule has 0 amide bonds. The maximum Gasteiger partial charge on any atom is 0.144 e. The van der Waals surface area contributed by atoms with Gasteiger partial charge in [-0.1, -0.05) is 13.0 Å². The Morgan fingerprint density at radius 3 is 2.69 bits per heavy atom. The van der Waals surface area contributed by atoms with Crippen molar-refractivity contribution in [2.24, 2.45) is 0 Å². The van der Waals surface area contributed by atoms with E-state index in [1.54, 1.807) is 0 Å². The third-order valence-corrected chi connectivity index (χ3v) is 6.08. The van der Waals surface area contributed by atoms with Crippen molar-refractivity contribution in [2.75, 3.05) is 17.7 Å². The van der Waals surface area contributed by atoms with Crippen LogP contribution in [0, 0.1) is 18.3 Å². The van der Waals surface area contributed by atoms with Crippen molar-refractivity contribution in [3.63, 3.8) is 0 Å². The Hall–Kier alpha value is -4.64. The summed E-state index contributed by atoms with van der Waals surface area (Å²) in [5, 5.41) is 19.9. The first-order chi connectivity index (χ1) is 17.5. The molecule has 0 bridgehead atoms. The number of nitrogens with one attached hydrogen (secondary N) is 1. The molecule has 0 saturated heterocycles. The van der Waals surface area contributed by atoms with E-state index in [1.165, 1.54) is 0 Å². The maximum atomic E-state index is 10.0. The van der Waals surface area contributed by atoms with Crippen LogP contribution in [0.2, 0.25) is 0 Å². The zero-order valence-corrected chi connectivity index (χ0v) is 20.5. The summed E-state index contributed by atoms with van der Waals surface area (Å²) in [5.41, 5.74) is 13.2. The van der Waals surface area contributed by atoms with Crippen LogP contribution in [0.4, 0.5) is 17.1 Å². The molecule has 180 valence electrons. The van der Waals surface area contributed by atoms with Gasteiger partial charge < -0.3 is 15.8 Å². The molecule has 8 nitrogen and oxygen atoms in total. The summed E-state index contributed by atoms with van der Waals surface area (Å²) >= 11 is 0. The topological polar surface area (TPSA) is 115 Å². The zero-order valence-electron chi connectivity index (χ0n) is 20.5. The van der Waals surface area contributed by atoms with Crippen LogP contribution in [-0.2, 0) is 13.0 Å².